The van der Waals surface area contributed by atoms with E-state index in [1.807, 2.05) is 55.1 Å². The highest BCUT2D eigenvalue weighted by atomic mass is 32.1. The van der Waals surface area contributed by atoms with Crippen LogP contribution in [0, 0.1) is 13.8 Å². The lowest BCUT2D eigenvalue weighted by Crippen LogP contribution is -2.24. The summed E-state index contributed by atoms with van der Waals surface area (Å²) >= 11 is 1.31. The van der Waals surface area contributed by atoms with Crippen LogP contribution in [-0.2, 0) is 9.59 Å². The Morgan fingerprint density at radius 3 is 2.56 bits per heavy atom. The van der Waals surface area contributed by atoms with Gasteiger partial charge in [-0.15, -0.1) is 10.2 Å². The summed E-state index contributed by atoms with van der Waals surface area (Å²) in [7, 11) is 1.61. The Labute approximate surface area is 190 Å². The molecule has 1 unspecified atom stereocenters. The molecular weight excluding hydrogens is 424 g/mol. The van der Waals surface area contributed by atoms with Crippen molar-refractivity contribution in [1.82, 2.24) is 10.2 Å². The van der Waals surface area contributed by atoms with Gasteiger partial charge in [0.15, 0.2) is 0 Å². The molecule has 0 radical (unpaired) electrons. The number of aryl methyl sites for hydroxylation is 2. The second-order valence-electron chi connectivity index (χ2n) is 7.79. The van der Waals surface area contributed by atoms with Crippen molar-refractivity contribution in [2.24, 2.45) is 0 Å². The maximum atomic E-state index is 12.6. The van der Waals surface area contributed by atoms with E-state index in [1.54, 1.807) is 13.2 Å². The average Bonchev–Trinajstić information content (AvgIpc) is 3.38. The number of carbonyl (C=O) groups excluding carboxylic acids is 2. The number of hydrogen-bond donors (Lipinski definition) is 1. The van der Waals surface area contributed by atoms with Crippen molar-refractivity contribution >= 4 is 40.0 Å². The monoisotopic (exact) mass is 448 g/mol. The Kier molecular flexibility index (Phi) is 6.32. The third kappa shape index (κ3) is 5.03. The van der Waals surface area contributed by atoms with Gasteiger partial charge in [0.1, 0.15) is 10.8 Å². The minimum absolute atomic E-state index is 0.0405. The molecular formula is C24H24N4O3S. The van der Waals surface area contributed by atoms with Crippen LogP contribution < -0.4 is 15.0 Å². The van der Waals surface area contributed by atoms with E-state index in [1.165, 1.54) is 17.4 Å². The number of carbonyl (C=O) groups is 2. The summed E-state index contributed by atoms with van der Waals surface area (Å²) in [6, 6.07) is 13.5. The fraction of sp³-hybridized carbons (Fsp3) is 0.250. The molecule has 1 aliphatic heterocycles. The zero-order valence-electron chi connectivity index (χ0n) is 18.2. The van der Waals surface area contributed by atoms with E-state index < -0.39 is 0 Å². The number of benzene rings is 2. The molecule has 1 fully saturated rings. The van der Waals surface area contributed by atoms with E-state index >= 15 is 0 Å². The van der Waals surface area contributed by atoms with Crippen LogP contribution in [0.15, 0.2) is 48.5 Å². The van der Waals surface area contributed by atoms with Gasteiger partial charge < -0.3 is 9.64 Å². The van der Waals surface area contributed by atoms with Crippen molar-refractivity contribution < 1.29 is 14.3 Å². The second-order valence-corrected chi connectivity index (χ2v) is 8.80. The Hall–Kier alpha value is -3.52. The minimum atomic E-state index is -0.289. The molecule has 0 aliphatic carbocycles. The first-order valence-electron chi connectivity index (χ1n) is 10.3. The zero-order chi connectivity index (χ0) is 22.7. The van der Waals surface area contributed by atoms with Crippen LogP contribution in [0.3, 0.4) is 0 Å². The number of ether oxygens (including phenoxy) is 1. The third-order valence-electron chi connectivity index (χ3n) is 5.21. The van der Waals surface area contributed by atoms with Gasteiger partial charge in [0.05, 0.1) is 7.11 Å². The Morgan fingerprint density at radius 2 is 1.88 bits per heavy atom. The molecule has 0 bridgehead atoms. The normalized spacial score (nSPS) is 16.0. The quantitative estimate of drug-likeness (QED) is 0.567. The molecule has 7 nitrogen and oxygen atoms in total. The molecule has 1 aliphatic rings. The lowest BCUT2D eigenvalue weighted by Gasteiger charge is -2.17. The van der Waals surface area contributed by atoms with E-state index in [0.29, 0.717) is 18.1 Å². The van der Waals surface area contributed by atoms with Crippen LogP contribution in [0.1, 0.15) is 34.0 Å². The van der Waals surface area contributed by atoms with Crippen LogP contribution in [0.2, 0.25) is 0 Å². The lowest BCUT2D eigenvalue weighted by atomic mass is 10.1. The van der Waals surface area contributed by atoms with Gasteiger partial charge in [0.2, 0.25) is 16.9 Å². The van der Waals surface area contributed by atoms with Gasteiger partial charge in [-0.3, -0.25) is 14.9 Å². The van der Waals surface area contributed by atoms with Gasteiger partial charge in [-0.25, -0.2) is 0 Å². The molecule has 164 valence electrons. The van der Waals surface area contributed by atoms with Crippen LogP contribution in [0.4, 0.5) is 10.8 Å². The molecule has 0 saturated carbocycles. The van der Waals surface area contributed by atoms with Crippen molar-refractivity contribution in [3.8, 4) is 5.75 Å². The second kappa shape index (κ2) is 9.32. The summed E-state index contributed by atoms with van der Waals surface area (Å²) in [6.45, 7) is 4.61. The van der Waals surface area contributed by atoms with Gasteiger partial charge in [0, 0.05) is 30.6 Å². The van der Waals surface area contributed by atoms with Crippen molar-refractivity contribution in [1.29, 1.82) is 0 Å². The van der Waals surface area contributed by atoms with E-state index in [4.69, 9.17) is 4.74 Å². The molecule has 2 amide bonds. The number of anilines is 2. The van der Waals surface area contributed by atoms with E-state index in [2.05, 4.69) is 21.6 Å². The van der Waals surface area contributed by atoms with E-state index in [9.17, 15) is 9.59 Å². The highest BCUT2D eigenvalue weighted by Crippen LogP contribution is 2.34. The molecule has 4 rings (SSSR count). The predicted molar refractivity (Wildman–Crippen MR) is 126 cm³/mol. The fourth-order valence-corrected chi connectivity index (χ4v) is 4.55. The molecule has 1 atom stereocenters. The standard InChI is InChI=1S/C24H24N4O3S/c1-15-10-16(2)12-19(11-15)28-14-18(13-22(28)30)23-26-27-24(32-23)25-21(29)9-6-17-4-7-20(31-3)8-5-17/h4-12,18H,13-14H2,1-3H3,(H,25,27,29)/b9-6+. The Balaban J connectivity index is 1.38. The molecule has 2 heterocycles. The van der Waals surface area contributed by atoms with Crippen molar-refractivity contribution in [3.63, 3.8) is 0 Å². The minimum Gasteiger partial charge on any atom is -0.497 e. The molecule has 8 heteroatoms. The number of aromatic nitrogens is 2. The highest BCUT2D eigenvalue weighted by Gasteiger charge is 2.34. The topological polar surface area (TPSA) is 84.4 Å². The van der Waals surface area contributed by atoms with Crippen molar-refractivity contribution in [2.75, 3.05) is 23.9 Å². The molecule has 32 heavy (non-hydrogen) atoms. The third-order valence-corrected chi connectivity index (χ3v) is 6.21. The van der Waals surface area contributed by atoms with Crippen LogP contribution in [-0.4, -0.2) is 35.7 Å². The summed E-state index contributed by atoms with van der Waals surface area (Å²) in [5, 5.41) is 12.2. The number of hydrogen-bond acceptors (Lipinski definition) is 6. The molecule has 1 saturated heterocycles. The molecule has 0 spiro atoms. The lowest BCUT2D eigenvalue weighted by molar-refractivity contribution is -0.117. The van der Waals surface area contributed by atoms with Crippen LogP contribution in [0.5, 0.6) is 5.75 Å². The van der Waals surface area contributed by atoms with Crippen molar-refractivity contribution in [3.05, 3.63) is 70.2 Å². The first-order chi connectivity index (χ1) is 15.4. The predicted octanol–water partition coefficient (Wildman–Crippen LogP) is 4.34. The van der Waals surface area contributed by atoms with Gasteiger partial charge in [0.25, 0.3) is 0 Å². The van der Waals surface area contributed by atoms with Crippen molar-refractivity contribution in [2.45, 2.75) is 26.2 Å². The smallest absolute Gasteiger partial charge is 0.250 e. The first kappa shape index (κ1) is 21.7. The van der Waals surface area contributed by atoms with Gasteiger partial charge in [-0.1, -0.05) is 29.5 Å². The first-order valence-corrected chi connectivity index (χ1v) is 11.1. The van der Waals surface area contributed by atoms with E-state index in [-0.39, 0.29) is 17.7 Å². The average molecular weight is 449 g/mol. The van der Waals surface area contributed by atoms with Gasteiger partial charge in [-0.05, 0) is 60.9 Å². The van der Waals surface area contributed by atoms with Crippen LogP contribution >= 0.6 is 11.3 Å². The van der Waals surface area contributed by atoms with Gasteiger partial charge in [-0.2, -0.15) is 0 Å². The molecule has 3 aromatic rings. The molecule has 2 aromatic carbocycles. The fourth-order valence-electron chi connectivity index (χ4n) is 3.71. The highest BCUT2D eigenvalue weighted by molar-refractivity contribution is 7.15. The zero-order valence-corrected chi connectivity index (χ0v) is 19.0. The summed E-state index contributed by atoms with van der Waals surface area (Å²) in [4.78, 5) is 26.7. The molecule has 1 N–H and O–H groups in total. The number of nitrogens with one attached hydrogen (secondary N) is 1. The summed E-state index contributed by atoms with van der Waals surface area (Å²) in [6.07, 6.45) is 3.55. The molecule has 1 aromatic heterocycles. The SMILES string of the molecule is COc1ccc(/C=C/C(=O)Nc2nnc(C3CC(=O)N(c4cc(C)cc(C)c4)C3)s2)cc1. The Morgan fingerprint density at radius 1 is 1.16 bits per heavy atom. The Bertz CT molecular complexity index is 1150. The number of rotatable bonds is 6. The number of amides is 2. The summed E-state index contributed by atoms with van der Waals surface area (Å²) in [5.41, 5.74) is 4.05. The van der Waals surface area contributed by atoms with E-state index in [0.717, 1.165) is 33.1 Å². The summed E-state index contributed by atoms with van der Waals surface area (Å²) < 4.78 is 5.13. The van der Waals surface area contributed by atoms with Crippen LogP contribution in [0.25, 0.3) is 6.08 Å². The number of nitrogens with zero attached hydrogens (tertiary/aromatic N) is 3. The maximum Gasteiger partial charge on any atom is 0.250 e. The number of methoxy groups -OCH3 is 1. The maximum absolute atomic E-state index is 12.6. The summed E-state index contributed by atoms with van der Waals surface area (Å²) in [5.74, 6) is 0.502. The van der Waals surface area contributed by atoms with Gasteiger partial charge >= 0.3 is 0 Å². The largest absolute Gasteiger partial charge is 0.497 e.